The smallest absolute Gasteiger partial charge is 0.259 e. The van der Waals surface area contributed by atoms with Crippen LogP contribution in [0, 0.1) is 5.82 Å². The minimum absolute atomic E-state index is 0.0134. The van der Waals surface area contributed by atoms with Gasteiger partial charge in [-0.2, -0.15) is 5.10 Å². The van der Waals surface area contributed by atoms with Gasteiger partial charge in [0.2, 0.25) is 5.91 Å². The number of hydrogen-bond acceptors (Lipinski definition) is 4. The van der Waals surface area contributed by atoms with Gasteiger partial charge < -0.3 is 9.80 Å². The molecule has 3 aromatic rings. The van der Waals surface area contributed by atoms with Gasteiger partial charge in [0, 0.05) is 44.9 Å². The average Bonchev–Trinajstić information content (AvgIpc) is 3.11. The Morgan fingerprint density at radius 2 is 1.81 bits per heavy atom. The highest BCUT2D eigenvalue weighted by Gasteiger charge is 2.26. The fraction of sp³-hybridized carbons (Fsp3) is 0.263. The van der Waals surface area contributed by atoms with Gasteiger partial charge in [-0.05, 0) is 18.2 Å². The Morgan fingerprint density at radius 1 is 1.07 bits per heavy atom. The Balaban J connectivity index is 1.65. The molecule has 27 heavy (non-hydrogen) atoms. The molecule has 0 bridgehead atoms. The molecule has 0 aliphatic carbocycles. The van der Waals surface area contributed by atoms with Gasteiger partial charge in [0.1, 0.15) is 11.4 Å². The van der Waals surface area contributed by atoms with Gasteiger partial charge in [-0.15, -0.1) is 0 Å². The summed E-state index contributed by atoms with van der Waals surface area (Å²) in [6.45, 7) is 3.50. The van der Waals surface area contributed by atoms with Crippen LogP contribution in [0.4, 0.5) is 4.39 Å². The fourth-order valence-corrected chi connectivity index (χ4v) is 3.30. The summed E-state index contributed by atoms with van der Waals surface area (Å²) in [5.74, 6) is -0.499. The van der Waals surface area contributed by atoms with Crippen LogP contribution in [-0.2, 0) is 4.79 Å². The first kappa shape index (κ1) is 17.1. The van der Waals surface area contributed by atoms with E-state index in [9.17, 15) is 14.0 Å². The Bertz CT molecular complexity index is 1020. The number of nitrogens with zero attached hydrogens (tertiary/aromatic N) is 5. The molecule has 2 amide bonds. The van der Waals surface area contributed by atoms with Crippen molar-refractivity contribution < 1.29 is 14.0 Å². The van der Waals surface area contributed by atoms with Crippen molar-refractivity contribution in [3.05, 3.63) is 54.1 Å². The molecule has 7 nitrogen and oxygen atoms in total. The summed E-state index contributed by atoms with van der Waals surface area (Å²) in [5, 5.41) is 4.30. The molecular formula is C19H18FN5O2. The largest absolute Gasteiger partial charge is 0.339 e. The number of carbonyl (C=O) groups excluding carboxylic acids is 2. The van der Waals surface area contributed by atoms with Crippen molar-refractivity contribution in [2.24, 2.45) is 0 Å². The van der Waals surface area contributed by atoms with E-state index in [1.807, 2.05) is 0 Å². The van der Waals surface area contributed by atoms with E-state index in [0.717, 1.165) is 0 Å². The highest BCUT2D eigenvalue weighted by molar-refractivity contribution is 6.00. The molecule has 0 unspecified atom stereocenters. The zero-order valence-electron chi connectivity index (χ0n) is 14.8. The molecule has 0 saturated carbocycles. The highest BCUT2D eigenvalue weighted by Crippen LogP contribution is 2.22. The lowest BCUT2D eigenvalue weighted by atomic mass is 10.1. The molecule has 0 radical (unpaired) electrons. The van der Waals surface area contributed by atoms with E-state index in [-0.39, 0.29) is 17.6 Å². The molecule has 8 heteroatoms. The summed E-state index contributed by atoms with van der Waals surface area (Å²) >= 11 is 0. The third-order valence-electron chi connectivity index (χ3n) is 4.76. The summed E-state index contributed by atoms with van der Waals surface area (Å²) in [6.07, 6.45) is 3.08. The zero-order chi connectivity index (χ0) is 19.0. The summed E-state index contributed by atoms with van der Waals surface area (Å²) in [6, 6.07) is 7.93. The lowest BCUT2D eigenvalue weighted by Crippen LogP contribution is -2.50. The van der Waals surface area contributed by atoms with Gasteiger partial charge in [0.05, 0.1) is 11.9 Å². The molecule has 4 rings (SSSR count). The SMILES string of the molecule is CC(=O)N1CCN(C(=O)c2cnn3c(-c4cccc(F)c4)ccnc23)CC1. The second kappa shape index (κ2) is 6.79. The van der Waals surface area contributed by atoms with Gasteiger partial charge in [-0.25, -0.2) is 13.9 Å². The molecular weight excluding hydrogens is 349 g/mol. The van der Waals surface area contributed by atoms with E-state index < -0.39 is 0 Å². The van der Waals surface area contributed by atoms with Crippen molar-refractivity contribution in [2.75, 3.05) is 26.2 Å². The van der Waals surface area contributed by atoms with E-state index in [0.29, 0.717) is 48.6 Å². The van der Waals surface area contributed by atoms with E-state index in [4.69, 9.17) is 0 Å². The summed E-state index contributed by atoms with van der Waals surface area (Å²) in [5.41, 5.74) is 2.12. The maximum atomic E-state index is 13.6. The molecule has 1 aromatic carbocycles. The second-order valence-electron chi connectivity index (χ2n) is 6.43. The molecule has 1 aliphatic rings. The van der Waals surface area contributed by atoms with Crippen molar-refractivity contribution in [3.8, 4) is 11.3 Å². The molecule has 0 spiro atoms. The van der Waals surface area contributed by atoms with Crippen LogP contribution in [0.25, 0.3) is 16.9 Å². The lowest BCUT2D eigenvalue weighted by Gasteiger charge is -2.34. The van der Waals surface area contributed by atoms with Gasteiger partial charge in [0.15, 0.2) is 5.65 Å². The standard InChI is InChI=1S/C19H18FN5O2/c1-13(26)23-7-9-24(10-8-23)19(27)16-12-22-25-17(5-6-21-18(16)25)14-3-2-4-15(20)11-14/h2-6,11-12H,7-10H2,1H3. The molecule has 138 valence electrons. The van der Waals surface area contributed by atoms with Crippen molar-refractivity contribution in [2.45, 2.75) is 6.92 Å². The first-order valence-corrected chi connectivity index (χ1v) is 8.68. The molecule has 2 aromatic heterocycles. The summed E-state index contributed by atoms with van der Waals surface area (Å²) in [4.78, 5) is 32.1. The molecule has 1 aliphatic heterocycles. The third kappa shape index (κ3) is 3.14. The number of amides is 2. The van der Waals surface area contributed by atoms with E-state index in [1.54, 1.807) is 38.7 Å². The van der Waals surface area contributed by atoms with Crippen LogP contribution in [0.15, 0.2) is 42.7 Å². The Labute approximate surface area is 155 Å². The predicted octanol–water partition coefficient (Wildman–Crippen LogP) is 1.84. The predicted molar refractivity (Wildman–Crippen MR) is 96.5 cm³/mol. The second-order valence-corrected chi connectivity index (χ2v) is 6.43. The monoisotopic (exact) mass is 367 g/mol. The van der Waals surface area contributed by atoms with Crippen LogP contribution in [-0.4, -0.2) is 62.4 Å². The fourth-order valence-electron chi connectivity index (χ4n) is 3.30. The molecule has 1 saturated heterocycles. The zero-order valence-corrected chi connectivity index (χ0v) is 14.8. The van der Waals surface area contributed by atoms with E-state index in [2.05, 4.69) is 10.1 Å². The third-order valence-corrected chi connectivity index (χ3v) is 4.76. The maximum Gasteiger partial charge on any atom is 0.259 e. The average molecular weight is 367 g/mol. The molecule has 1 fully saturated rings. The van der Waals surface area contributed by atoms with Crippen molar-refractivity contribution >= 4 is 17.5 Å². The normalized spacial score (nSPS) is 14.6. The number of fused-ring (bicyclic) bond motifs is 1. The number of rotatable bonds is 2. The van der Waals surface area contributed by atoms with Crippen LogP contribution >= 0.6 is 0 Å². The molecule has 0 atom stereocenters. The van der Waals surface area contributed by atoms with Crippen LogP contribution in [0.3, 0.4) is 0 Å². The van der Waals surface area contributed by atoms with Gasteiger partial charge in [-0.1, -0.05) is 12.1 Å². The quantitative estimate of drug-likeness (QED) is 0.693. The number of hydrogen-bond donors (Lipinski definition) is 0. The molecule has 3 heterocycles. The van der Waals surface area contributed by atoms with Crippen molar-refractivity contribution in [3.63, 3.8) is 0 Å². The van der Waals surface area contributed by atoms with E-state index in [1.165, 1.54) is 25.3 Å². The topological polar surface area (TPSA) is 70.8 Å². The first-order chi connectivity index (χ1) is 13.0. The van der Waals surface area contributed by atoms with E-state index >= 15 is 0 Å². The van der Waals surface area contributed by atoms with Crippen molar-refractivity contribution in [1.82, 2.24) is 24.4 Å². The van der Waals surface area contributed by atoms with Crippen LogP contribution < -0.4 is 0 Å². The number of halogens is 1. The van der Waals surface area contributed by atoms with Gasteiger partial charge in [-0.3, -0.25) is 9.59 Å². The molecule has 0 N–H and O–H groups in total. The number of carbonyl (C=O) groups is 2. The van der Waals surface area contributed by atoms with Gasteiger partial charge in [0.25, 0.3) is 5.91 Å². The van der Waals surface area contributed by atoms with Crippen LogP contribution in [0.2, 0.25) is 0 Å². The number of piperazine rings is 1. The first-order valence-electron chi connectivity index (χ1n) is 8.68. The Kier molecular flexibility index (Phi) is 4.31. The lowest BCUT2D eigenvalue weighted by molar-refractivity contribution is -0.130. The van der Waals surface area contributed by atoms with Crippen molar-refractivity contribution in [1.29, 1.82) is 0 Å². The summed E-state index contributed by atoms with van der Waals surface area (Å²) < 4.78 is 15.1. The van der Waals surface area contributed by atoms with Crippen LogP contribution in [0.1, 0.15) is 17.3 Å². The van der Waals surface area contributed by atoms with Crippen LogP contribution in [0.5, 0.6) is 0 Å². The maximum absolute atomic E-state index is 13.6. The minimum Gasteiger partial charge on any atom is -0.339 e. The highest BCUT2D eigenvalue weighted by atomic mass is 19.1. The minimum atomic E-state index is -0.343. The Hall–Kier alpha value is -3.29. The van der Waals surface area contributed by atoms with Gasteiger partial charge >= 0.3 is 0 Å². The summed E-state index contributed by atoms with van der Waals surface area (Å²) in [7, 11) is 0. The Morgan fingerprint density at radius 3 is 2.52 bits per heavy atom. The number of benzene rings is 1. The number of aromatic nitrogens is 3.